The Balaban J connectivity index is 2.46. The molecule has 0 saturated carbocycles. The predicted molar refractivity (Wildman–Crippen MR) is 66.1 cm³/mol. The molecule has 16 heavy (non-hydrogen) atoms. The van der Waals surface area contributed by atoms with E-state index in [9.17, 15) is 0 Å². The first-order valence-electron chi connectivity index (χ1n) is 5.67. The van der Waals surface area contributed by atoms with Gasteiger partial charge in [0, 0.05) is 12.5 Å². The van der Waals surface area contributed by atoms with Gasteiger partial charge in [-0.2, -0.15) is 0 Å². The van der Waals surface area contributed by atoms with E-state index >= 15 is 0 Å². The maximum Gasteiger partial charge on any atom is 0.0720 e. The van der Waals surface area contributed by atoms with Crippen LogP contribution < -0.4 is 0 Å². The Labute approximate surface area is 97.6 Å². The molecule has 2 heteroatoms. The van der Waals surface area contributed by atoms with Crippen molar-refractivity contribution in [2.75, 3.05) is 6.61 Å². The molecule has 1 rings (SSSR count). The van der Waals surface area contributed by atoms with Crippen molar-refractivity contribution in [1.29, 1.82) is 0 Å². The zero-order valence-corrected chi connectivity index (χ0v) is 9.80. The maximum atomic E-state index is 8.96. The van der Waals surface area contributed by atoms with Crippen LogP contribution in [-0.4, -0.2) is 17.8 Å². The number of benzene rings is 1. The van der Waals surface area contributed by atoms with Crippen molar-refractivity contribution in [3.05, 3.63) is 48.6 Å². The third-order valence-corrected chi connectivity index (χ3v) is 2.68. The van der Waals surface area contributed by atoms with Gasteiger partial charge in [-0.15, -0.1) is 6.58 Å². The molecule has 0 aliphatic rings. The summed E-state index contributed by atoms with van der Waals surface area (Å²) in [6.07, 6.45) is 2.56. The maximum absolute atomic E-state index is 8.96. The molecule has 1 aromatic rings. The summed E-state index contributed by atoms with van der Waals surface area (Å²) in [4.78, 5) is 0. The van der Waals surface area contributed by atoms with Gasteiger partial charge in [0.1, 0.15) is 0 Å². The molecule has 0 aliphatic carbocycles. The fourth-order valence-electron chi connectivity index (χ4n) is 1.55. The highest BCUT2D eigenvalue weighted by molar-refractivity contribution is 5.13. The van der Waals surface area contributed by atoms with Crippen molar-refractivity contribution in [2.24, 2.45) is 5.92 Å². The molecule has 88 valence electrons. The molecule has 0 aromatic heterocycles. The molecule has 0 radical (unpaired) electrons. The van der Waals surface area contributed by atoms with E-state index in [1.54, 1.807) is 0 Å². The molecular formula is C14H20O2. The number of hydrogen-bond donors (Lipinski definition) is 1. The van der Waals surface area contributed by atoms with Crippen LogP contribution in [0, 0.1) is 5.92 Å². The van der Waals surface area contributed by atoms with Crippen molar-refractivity contribution >= 4 is 0 Å². The van der Waals surface area contributed by atoms with Gasteiger partial charge in [-0.3, -0.25) is 0 Å². The number of ether oxygens (including phenoxy) is 1. The van der Waals surface area contributed by atoms with Gasteiger partial charge in [0.15, 0.2) is 0 Å². The first kappa shape index (κ1) is 12.9. The normalized spacial score (nSPS) is 14.4. The van der Waals surface area contributed by atoms with Gasteiger partial charge in [-0.05, 0) is 12.0 Å². The molecule has 2 nitrogen and oxygen atoms in total. The second kappa shape index (κ2) is 7.20. The third-order valence-electron chi connectivity index (χ3n) is 2.68. The minimum atomic E-state index is 0.0442. The van der Waals surface area contributed by atoms with Gasteiger partial charge in [-0.25, -0.2) is 0 Å². The van der Waals surface area contributed by atoms with Crippen LogP contribution in [-0.2, 0) is 11.3 Å². The number of rotatable bonds is 7. The number of hydrogen-bond acceptors (Lipinski definition) is 2. The van der Waals surface area contributed by atoms with Gasteiger partial charge in [0.2, 0.25) is 0 Å². The van der Waals surface area contributed by atoms with E-state index in [0.717, 1.165) is 5.56 Å². The quantitative estimate of drug-likeness (QED) is 0.716. The summed E-state index contributed by atoms with van der Waals surface area (Å²) in [5.41, 5.74) is 1.15. The summed E-state index contributed by atoms with van der Waals surface area (Å²) in [5.74, 6) is 0.260. The summed E-state index contributed by atoms with van der Waals surface area (Å²) in [5, 5.41) is 8.96. The lowest BCUT2D eigenvalue weighted by Crippen LogP contribution is -2.21. The lowest BCUT2D eigenvalue weighted by atomic mass is 10.0. The van der Waals surface area contributed by atoms with E-state index in [1.807, 2.05) is 36.4 Å². The van der Waals surface area contributed by atoms with Crippen LogP contribution in [0.25, 0.3) is 0 Å². The zero-order valence-electron chi connectivity index (χ0n) is 9.80. The molecule has 0 unspecified atom stereocenters. The van der Waals surface area contributed by atoms with Gasteiger partial charge >= 0.3 is 0 Å². The van der Waals surface area contributed by atoms with Gasteiger partial charge in [0.05, 0.1) is 12.7 Å². The highest BCUT2D eigenvalue weighted by atomic mass is 16.5. The Morgan fingerprint density at radius 2 is 2.06 bits per heavy atom. The molecule has 0 heterocycles. The van der Waals surface area contributed by atoms with Crippen LogP contribution in [0.15, 0.2) is 43.0 Å². The Bertz CT molecular complexity index is 295. The predicted octanol–water partition coefficient (Wildman–Crippen LogP) is 2.78. The molecule has 0 fully saturated rings. The molecule has 0 saturated heterocycles. The Morgan fingerprint density at radius 3 is 2.62 bits per heavy atom. The van der Waals surface area contributed by atoms with Crippen molar-refractivity contribution < 1.29 is 9.84 Å². The Morgan fingerprint density at radius 1 is 1.38 bits per heavy atom. The van der Waals surface area contributed by atoms with Crippen LogP contribution in [0.5, 0.6) is 0 Å². The molecule has 0 aliphatic heterocycles. The summed E-state index contributed by atoms with van der Waals surface area (Å²) >= 11 is 0. The minimum Gasteiger partial charge on any atom is -0.396 e. The molecule has 0 amide bonds. The lowest BCUT2D eigenvalue weighted by molar-refractivity contribution is 0.00285. The van der Waals surface area contributed by atoms with Crippen molar-refractivity contribution in [1.82, 2.24) is 0 Å². The van der Waals surface area contributed by atoms with E-state index < -0.39 is 0 Å². The van der Waals surface area contributed by atoms with Gasteiger partial charge < -0.3 is 9.84 Å². The first-order chi connectivity index (χ1) is 7.77. The summed E-state index contributed by atoms with van der Waals surface area (Å²) in [6, 6.07) is 10.1. The molecular weight excluding hydrogens is 200 g/mol. The first-order valence-corrected chi connectivity index (χ1v) is 5.67. The number of aliphatic hydroxyl groups is 1. The molecule has 1 N–H and O–H groups in total. The SMILES string of the molecule is C=C[C@H](C)[C@H](CCO)OCc1ccccc1. The van der Waals surface area contributed by atoms with Crippen LogP contribution in [0.4, 0.5) is 0 Å². The van der Waals surface area contributed by atoms with Crippen molar-refractivity contribution in [2.45, 2.75) is 26.1 Å². The van der Waals surface area contributed by atoms with E-state index in [0.29, 0.717) is 13.0 Å². The second-order valence-corrected chi connectivity index (χ2v) is 3.94. The van der Waals surface area contributed by atoms with Crippen LogP contribution in [0.2, 0.25) is 0 Å². The van der Waals surface area contributed by atoms with E-state index in [2.05, 4.69) is 13.5 Å². The van der Waals surface area contributed by atoms with Crippen molar-refractivity contribution in [3.8, 4) is 0 Å². The molecule has 2 atom stereocenters. The average molecular weight is 220 g/mol. The van der Waals surface area contributed by atoms with Crippen molar-refractivity contribution in [3.63, 3.8) is 0 Å². The van der Waals surface area contributed by atoms with E-state index in [-0.39, 0.29) is 18.6 Å². The number of aliphatic hydroxyl groups excluding tert-OH is 1. The summed E-state index contributed by atoms with van der Waals surface area (Å²) < 4.78 is 5.79. The summed E-state index contributed by atoms with van der Waals surface area (Å²) in [6.45, 7) is 6.55. The van der Waals surface area contributed by atoms with Crippen LogP contribution >= 0.6 is 0 Å². The fourth-order valence-corrected chi connectivity index (χ4v) is 1.55. The van der Waals surface area contributed by atoms with E-state index in [4.69, 9.17) is 9.84 Å². The zero-order chi connectivity index (χ0) is 11.8. The summed E-state index contributed by atoms with van der Waals surface area (Å²) in [7, 11) is 0. The highest BCUT2D eigenvalue weighted by Crippen LogP contribution is 2.14. The lowest BCUT2D eigenvalue weighted by Gasteiger charge is -2.21. The Hall–Kier alpha value is -1.12. The monoisotopic (exact) mass is 220 g/mol. The molecule has 0 bridgehead atoms. The van der Waals surface area contributed by atoms with Gasteiger partial charge in [-0.1, -0.05) is 43.3 Å². The Kier molecular flexibility index (Phi) is 5.83. The van der Waals surface area contributed by atoms with E-state index in [1.165, 1.54) is 0 Å². The molecule has 0 spiro atoms. The minimum absolute atomic E-state index is 0.0442. The second-order valence-electron chi connectivity index (χ2n) is 3.94. The van der Waals surface area contributed by atoms with Crippen LogP contribution in [0.1, 0.15) is 18.9 Å². The smallest absolute Gasteiger partial charge is 0.0720 e. The average Bonchev–Trinajstić information content (AvgIpc) is 2.34. The topological polar surface area (TPSA) is 29.5 Å². The van der Waals surface area contributed by atoms with Gasteiger partial charge in [0.25, 0.3) is 0 Å². The molecule has 1 aromatic carbocycles. The fraction of sp³-hybridized carbons (Fsp3) is 0.429. The standard InChI is InChI=1S/C14H20O2/c1-3-12(2)14(9-10-15)16-11-13-7-5-4-6-8-13/h3-8,12,14-15H,1,9-11H2,2H3/t12-,14-/m0/s1. The highest BCUT2D eigenvalue weighted by Gasteiger charge is 2.14. The largest absolute Gasteiger partial charge is 0.396 e. The van der Waals surface area contributed by atoms with Crippen LogP contribution in [0.3, 0.4) is 0 Å². The third kappa shape index (κ3) is 4.17.